The van der Waals surface area contributed by atoms with E-state index in [0.29, 0.717) is 26.1 Å². The first kappa shape index (κ1) is 15.9. The summed E-state index contributed by atoms with van der Waals surface area (Å²) in [5.41, 5.74) is 7.40. The van der Waals surface area contributed by atoms with Crippen LogP contribution in [0, 0.1) is 6.92 Å². The molecule has 0 bridgehead atoms. The summed E-state index contributed by atoms with van der Waals surface area (Å²) in [6, 6.07) is 4.89. The van der Waals surface area contributed by atoms with E-state index in [-0.39, 0.29) is 16.8 Å². The fourth-order valence-corrected chi connectivity index (χ4v) is 4.14. The lowest BCUT2D eigenvalue weighted by atomic mass is 10.1. The van der Waals surface area contributed by atoms with Gasteiger partial charge in [-0.3, -0.25) is 4.79 Å². The molecule has 21 heavy (non-hydrogen) atoms. The van der Waals surface area contributed by atoms with Crippen LogP contribution in [0.1, 0.15) is 24.5 Å². The number of aryl methyl sites for hydroxylation is 1. The highest BCUT2D eigenvalue weighted by atomic mass is 32.2. The normalized spacial score (nSPS) is 19.7. The van der Waals surface area contributed by atoms with Crippen LogP contribution in [0.3, 0.4) is 0 Å². The maximum absolute atomic E-state index is 12.6. The largest absolute Gasteiger partial charge is 0.352 e. The van der Waals surface area contributed by atoms with Gasteiger partial charge in [0.1, 0.15) is 0 Å². The van der Waals surface area contributed by atoms with Crippen molar-refractivity contribution in [3.8, 4) is 0 Å². The molecule has 1 aromatic rings. The van der Waals surface area contributed by atoms with E-state index >= 15 is 0 Å². The van der Waals surface area contributed by atoms with E-state index in [2.05, 4.69) is 5.32 Å². The Morgan fingerprint density at radius 1 is 1.48 bits per heavy atom. The number of nitrogens with zero attached hydrogens (tertiary/aromatic N) is 1. The minimum Gasteiger partial charge on any atom is -0.352 e. The third kappa shape index (κ3) is 3.42. The van der Waals surface area contributed by atoms with Crippen LogP contribution in [0.25, 0.3) is 0 Å². The summed E-state index contributed by atoms with van der Waals surface area (Å²) in [7, 11) is -3.51. The van der Waals surface area contributed by atoms with E-state index in [9.17, 15) is 13.2 Å². The first-order valence-electron chi connectivity index (χ1n) is 6.91. The van der Waals surface area contributed by atoms with Gasteiger partial charge >= 0.3 is 0 Å². The number of hydrogen-bond acceptors (Lipinski definition) is 4. The first-order chi connectivity index (χ1) is 9.84. The molecule has 1 atom stereocenters. The van der Waals surface area contributed by atoms with Crippen LogP contribution in [-0.4, -0.2) is 37.8 Å². The molecule has 3 N–H and O–H groups in total. The number of carbonyl (C=O) groups excluding carboxylic acids is 1. The Labute approximate surface area is 125 Å². The molecule has 1 unspecified atom stereocenters. The Kier molecular flexibility index (Phi) is 4.65. The van der Waals surface area contributed by atoms with E-state index in [1.807, 2.05) is 6.92 Å². The van der Waals surface area contributed by atoms with Gasteiger partial charge in [0.05, 0.1) is 4.90 Å². The summed E-state index contributed by atoms with van der Waals surface area (Å²) >= 11 is 0. The Hall–Kier alpha value is -1.44. The summed E-state index contributed by atoms with van der Waals surface area (Å²) in [6.45, 7) is 4.42. The van der Waals surface area contributed by atoms with Gasteiger partial charge in [0, 0.05) is 32.6 Å². The predicted molar refractivity (Wildman–Crippen MR) is 80.1 cm³/mol. The van der Waals surface area contributed by atoms with E-state index in [1.165, 1.54) is 11.2 Å². The first-order valence-corrected chi connectivity index (χ1v) is 8.35. The van der Waals surface area contributed by atoms with Crippen molar-refractivity contribution in [1.29, 1.82) is 0 Å². The minimum absolute atomic E-state index is 0.110. The van der Waals surface area contributed by atoms with Crippen molar-refractivity contribution in [3.05, 3.63) is 29.3 Å². The molecule has 2 rings (SSSR count). The Morgan fingerprint density at radius 2 is 2.19 bits per heavy atom. The Bertz CT molecular complexity index is 643. The lowest BCUT2D eigenvalue weighted by Crippen LogP contribution is -2.37. The average Bonchev–Trinajstić information content (AvgIpc) is 2.87. The van der Waals surface area contributed by atoms with Gasteiger partial charge in [0.2, 0.25) is 15.9 Å². The molecule has 6 nitrogen and oxygen atoms in total. The molecule has 1 aliphatic rings. The monoisotopic (exact) mass is 311 g/mol. The minimum atomic E-state index is -3.51. The number of benzene rings is 1. The molecule has 7 heteroatoms. The molecule has 1 fully saturated rings. The predicted octanol–water partition coefficient (Wildman–Crippen LogP) is 0.353. The number of amides is 1. The fourth-order valence-electron chi connectivity index (χ4n) is 2.56. The molecule has 1 aliphatic heterocycles. The molecule has 1 aromatic carbocycles. The van der Waals surface area contributed by atoms with E-state index in [4.69, 9.17) is 5.73 Å². The molecule has 116 valence electrons. The van der Waals surface area contributed by atoms with E-state index in [1.54, 1.807) is 18.2 Å². The Morgan fingerprint density at radius 3 is 2.76 bits per heavy atom. The number of hydrogen-bond donors (Lipinski definition) is 2. The topological polar surface area (TPSA) is 92.5 Å². The molecular weight excluding hydrogens is 290 g/mol. The van der Waals surface area contributed by atoms with Gasteiger partial charge in [0.15, 0.2) is 0 Å². The van der Waals surface area contributed by atoms with Gasteiger partial charge < -0.3 is 11.1 Å². The van der Waals surface area contributed by atoms with Crippen LogP contribution < -0.4 is 11.1 Å². The fraction of sp³-hybridized carbons (Fsp3) is 0.500. The summed E-state index contributed by atoms with van der Waals surface area (Å²) in [4.78, 5) is 11.3. The lowest BCUT2D eigenvalue weighted by Gasteiger charge is -2.17. The highest BCUT2D eigenvalue weighted by Gasteiger charge is 2.32. The number of sulfonamides is 1. The van der Waals surface area contributed by atoms with E-state index in [0.717, 1.165) is 11.1 Å². The third-order valence-corrected chi connectivity index (χ3v) is 5.59. The molecule has 1 amide bonds. The molecule has 1 heterocycles. The van der Waals surface area contributed by atoms with Crippen molar-refractivity contribution >= 4 is 15.9 Å². The van der Waals surface area contributed by atoms with Crippen molar-refractivity contribution in [3.63, 3.8) is 0 Å². The average molecular weight is 311 g/mol. The van der Waals surface area contributed by atoms with E-state index < -0.39 is 10.0 Å². The molecule has 1 saturated heterocycles. The maximum atomic E-state index is 12.6. The van der Waals surface area contributed by atoms with Crippen LogP contribution in [0.5, 0.6) is 0 Å². The van der Waals surface area contributed by atoms with Crippen molar-refractivity contribution < 1.29 is 13.2 Å². The second kappa shape index (κ2) is 6.13. The smallest absolute Gasteiger partial charge is 0.243 e. The zero-order valence-corrected chi connectivity index (χ0v) is 13.1. The molecule has 0 aromatic heterocycles. The lowest BCUT2D eigenvalue weighted by molar-refractivity contribution is -0.119. The molecule has 0 spiro atoms. The summed E-state index contributed by atoms with van der Waals surface area (Å²) in [5, 5.41) is 2.76. The number of carbonyl (C=O) groups is 1. The highest BCUT2D eigenvalue weighted by Crippen LogP contribution is 2.23. The number of rotatable bonds is 4. The van der Waals surface area contributed by atoms with Gasteiger partial charge in [-0.1, -0.05) is 6.07 Å². The maximum Gasteiger partial charge on any atom is 0.243 e. The van der Waals surface area contributed by atoms with Crippen LogP contribution in [0.4, 0.5) is 0 Å². The standard InChI is InChI=1S/C14H21N3O3S/c1-10-7-14(4-3-12(10)8-15)21(19,20)17-6-5-13(9-17)16-11(2)18/h3-4,7,13H,5-6,8-9,15H2,1-2H3,(H,16,18). The molecule has 0 aliphatic carbocycles. The second-order valence-electron chi connectivity index (χ2n) is 5.34. The van der Waals surface area contributed by atoms with Gasteiger partial charge in [0.25, 0.3) is 0 Å². The summed E-state index contributed by atoms with van der Waals surface area (Å²) in [6.07, 6.45) is 0.638. The quantitative estimate of drug-likeness (QED) is 0.839. The molecule has 0 saturated carbocycles. The van der Waals surface area contributed by atoms with Gasteiger partial charge in [-0.05, 0) is 36.6 Å². The summed E-state index contributed by atoms with van der Waals surface area (Å²) < 4.78 is 26.6. The zero-order valence-electron chi connectivity index (χ0n) is 12.3. The number of nitrogens with one attached hydrogen (secondary N) is 1. The van der Waals surface area contributed by atoms with Crippen molar-refractivity contribution in [1.82, 2.24) is 9.62 Å². The van der Waals surface area contributed by atoms with Crippen molar-refractivity contribution in [2.24, 2.45) is 5.73 Å². The van der Waals surface area contributed by atoms with Gasteiger partial charge in [-0.2, -0.15) is 4.31 Å². The molecular formula is C14H21N3O3S. The van der Waals surface area contributed by atoms with Gasteiger partial charge in [-0.15, -0.1) is 0 Å². The van der Waals surface area contributed by atoms with Crippen LogP contribution in [0.15, 0.2) is 23.1 Å². The Balaban J connectivity index is 2.19. The van der Waals surface area contributed by atoms with Crippen LogP contribution in [0.2, 0.25) is 0 Å². The molecule has 0 radical (unpaired) electrons. The third-order valence-electron chi connectivity index (χ3n) is 3.73. The highest BCUT2D eigenvalue weighted by molar-refractivity contribution is 7.89. The SMILES string of the molecule is CC(=O)NC1CCN(S(=O)(=O)c2ccc(CN)c(C)c2)C1. The number of nitrogens with two attached hydrogens (primary N) is 1. The van der Waals surface area contributed by atoms with Crippen LogP contribution in [-0.2, 0) is 21.4 Å². The van der Waals surface area contributed by atoms with Crippen molar-refractivity contribution in [2.45, 2.75) is 37.8 Å². The van der Waals surface area contributed by atoms with Crippen molar-refractivity contribution in [2.75, 3.05) is 13.1 Å². The zero-order chi connectivity index (χ0) is 15.6. The second-order valence-corrected chi connectivity index (χ2v) is 7.28. The van der Waals surface area contributed by atoms with Crippen LogP contribution >= 0.6 is 0 Å². The summed E-state index contributed by atoms with van der Waals surface area (Å²) in [5.74, 6) is -0.137. The van der Waals surface area contributed by atoms with Gasteiger partial charge in [-0.25, -0.2) is 8.42 Å².